The number of halogens is 3. The SMILES string of the molecule is O=C(NC1(C(=O)O)CCSC1)c1ccc(-c2noc(C(F)(F)F)n2)cc1. The molecule has 1 aromatic heterocycles. The second-order valence-electron chi connectivity index (χ2n) is 5.64. The number of benzene rings is 1. The Hall–Kier alpha value is -2.56. The average Bonchev–Trinajstić information content (AvgIpc) is 3.24. The minimum Gasteiger partial charge on any atom is -0.479 e. The third-order valence-electron chi connectivity index (χ3n) is 3.86. The van der Waals surface area contributed by atoms with Crippen LogP contribution in [0.25, 0.3) is 11.4 Å². The average molecular weight is 387 g/mol. The van der Waals surface area contributed by atoms with Gasteiger partial charge in [-0.25, -0.2) is 4.79 Å². The van der Waals surface area contributed by atoms with Crippen molar-refractivity contribution in [3.63, 3.8) is 0 Å². The van der Waals surface area contributed by atoms with Crippen molar-refractivity contribution >= 4 is 23.6 Å². The van der Waals surface area contributed by atoms with Crippen LogP contribution in [0.1, 0.15) is 22.7 Å². The van der Waals surface area contributed by atoms with Crippen LogP contribution in [0, 0.1) is 0 Å². The molecule has 1 fully saturated rings. The summed E-state index contributed by atoms with van der Waals surface area (Å²) in [6.07, 6.45) is -4.42. The number of carboxylic acid groups (broad SMARTS) is 1. The molecular weight excluding hydrogens is 375 g/mol. The van der Waals surface area contributed by atoms with E-state index in [2.05, 4.69) is 20.0 Å². The highest BCUT2D eigenvalue weighted by atomic mass is 32.2. The van der Waals surface area contributed by atoms with Crippen LogP contribution in [0.15, 0.2) is 28.8 Å². The maximum absolute atomic E-state index is 12.5. The number of rotatable bonds is 4. The maximum atomic E-state index is 12.5. The number of nitrogens with one attached hydrogen (secondary N) is 1. The Kier molecular flexibility index (Phi) is 4.65. The van der Waals surface area contributed by atoms with Gasteiger partial charge < -0.3 is 14.9 Å². The monoisotopic (exact) mass is 387 g/mol. The molecular formula is C15H12F3N3O4S. The van der Waals surface area contributed by atoms with E-state index in [1.54, 1.807) is 0 Å². The van der Waals surface area contributed by atoms with Crippen molar-refractivity contribution in [3.05, 3.63) is 35.7 Å². The van der Waals surface area contributed by atoms with Gasteiger partial charge in [0, 0.05) is 16.9 Å². The van der Waals surface area contributed by atoms with Crippen LogP contribution >= 0.6 is 11.8 Å². The largest absolute Gasteiger partial charge is 0.479 e. The number of carbonyl (C=O) groups is 2. The molecule has 0 saturated carbocycles. The van der Waals surface area contributed by atoms with Gasteiger partial charge in [0.25, 0.3) is 5.91 Å². The predicted octanol–water partition coefficient (Wildman–Crippen LogP) is 2.45. The molecule has 26 heavy (non-hydrogen) atoms. The highest BCUT2D eigenvalue weighted by Gasteiger charge is 2.43. The molecule has 3 rings (SSSR count). The Bertz CT molecular complexity index is 829. The molecule has 138 valence electrons. The minimum absolute atomic E-state index is 0.172. The number of thioether (sulfide) groups is 1. The van der Waals surface area contributed by atoms with Gasteiger partial charge in [0.15, 0.2) is 0 Å². The van der Waals surface area contributed by atoms with Crippen LogP contribution in [-0.2, 0) is 11.0 Å². The summed E-state index contributed by atoms with van der Waals surface area (Å²) in [5, 5.41) is 15.2. The van der Waals surface area contributed by atoms with E-state index in [0.29, 0.717) is 12.2 Å². The molecule has 11 heteroatoms. The number of carbonyl (C=O) groups excluding carboxylic acids is 1. The zero-order chi connectivity index (χ0) is 18.9. The summed E-state index contributed by atoms with van der Waals surface area (Å²) in [7, 11) is 0. The van der Waals surface area contributed by atoms with E-state index in [4.69, 9.17) is 0 Å². The summed E-state index contributed by atoms with van der Waals surface area (Å²) in [5.41, 5.74) is -0.911. The number of alkyl halides is 3. The number of hydrogen-bond acceptors (Lipinski definition) is 6. The van der Waals surface area contributed by atoms with Crippen LogP contribution < -0.4 is 5.32 Å². The Labute approximate surface area is 149 Å². The molecule has 0 aliphatic carbocycles. The van der Waals surface area contributed by atoms with Gasteiger partial charge in [0.1, 0.15) is 5.54 Å². The van der Waals surface area contributed by atoms with Gasteiger partial charge in [-0.15, -0.1) is 0 Å². The lowest BCUT2D eigenvalue weighted by atomic mass is 9.98. The fourth-order valence-corrected chi connectivity index (χ4v) is 3.73. The standard InChI is InChI=1S/C15H12F3N3O4S/c16-15(17,18)12-19-10(21-25-12)8-1-3-9(4-2-8)11(22)20-14(13(23)24)5-6-26-7-14/h1-4H,5-7H2,(H,20,22)(H,23,24). The lowest BCUT2D eigenvalue weighted by Gasteiger charge is -2.24. The molecule has 0 radical (unpaired) electrons. The highest BCUT2D eigenvalue weighted by molar-refractivity contribution is 7.99. The Morgan fingerprint density at radius 3 is 2.46 bits per heavy atom. The van der Waals surface area contributed by atoms with Crippen LogP contribution in [0.2, 0.25) is 0 Å². The number of hydrogen-bond donors (Lipinski definition) is 2. The second-order valence-corrected chi connectivity index (χ2v) is 6.75. The van der Waals surface area contributed by atoms with Gasteiger partial charge in [0.2, 0.25) is 5.82 Å². The molecule has 2 aromatic rings. The summed E-state index contributed by atoms with van der Waals surface area (Å²) in [5.74, 6) is -2.50. The van der Waals surface area contributed by atoms with Crippen LogP contribution in [0.4, 0.5) is 13.2 Å². The smallest absolute Gasteiger partial charge is 0.471 e. The molecule has 0 bridgehead atoms. The molecule has 1 amide bonds. The van der Waals surface area contributed by atoms with E-state index >= 15 is 0 Å². The van der Waals surface area contributed by atoms with E-state index in [0.717, 1.165) is 0 Å². The first kappa shape index (κ1) is 18.2. The van der Waals surface area contributed by atoms with Crippen LogP contribution in [0.5, 0.6) is 0 Å². The number of amides is 1. The quantitative estimate of drug-likeness (QED) is 0.830. The van der Waals surface area contributed by atoms with Gasteiger partial charge in [0.05, 0.1) is 0 Å². The van der Waals surface area contributed by atoms with Crippen LogP contribution in [0.3, 0.4) is 0 Å². The summed E-state index contributed by atoms with van der Waals surface area (Å²) < 4.78 is 41.6. The number of aliphatic carboxylic acids is 1. The van der Waals surface area contributed by atoms with Gasteiger partial charge in [-0.05, 0) is 24.3 Å². The molecule has 0 spiro atoms. The molecule has 1 aliphatic rings. The lowest BCUT2D eigenvalue weighted by Crippen LogP contribution is -2.54. The maximum Gasteiger partial charge on any atom is 0.471 e. The van der Waals surface area contributed by atoms with Crippen molar-refractivity contribution in [2.24, 2.45) is 0 Å². The van der Waals surface area contributed by atoms with Crippen molar-refractivity contribution in [1.82, 2.24) is 15.5 Å². The Morgan fingerprint density at radius 2 is 1.96 bits per heavy atom. The number of aromatic nitrogens is 2. The number of carboxylic acids is 1. The molecule has 1 atom stereocenters. The number of nitrogens with zero attached hydrogens (tertiary/aromatic N) is 2. The van der Waals surface area contributed by atoms with Gasteiger partial charge in [-0.1, -0.05) is 17.3 Å². The summed E-state index contributed by atoms with van der Waals surface area (Å²) in [4.78, 5) is 27.0. The van der Waals surface area contributed by atoms with Crippen LogP contribution in [-0.4, -0.2) is 44.2 Å². The first-order valence-corrected chi connectivity index (χ1v) is 8.52. The molecule has 1 unspecified atom stereocenters. The van der Waals surface area contributed by atoms with Gasteiger partial charge in [-0.3, -0.25) is 4.79 Å². The fraction of sp³-hybridized carbons (Fsp3) is 0.333. The fourth-order valence-electron chi connectivity index (χ4n) is 2.40. The summed E-state index contributed by atoms with van der Waals surface area (Å²) in [6.45, 7) is 0. The van der Waals surface area contributed by atoms with Gasteiger partial charge in [-0.2, -0.15) is 29.9 Å². The first-order valence-electron chi connectivity index (χ1n) is 7.36. The molecule has 2 N–H and O–H groups in total. The van der Waals surface area contributed by atoms with Crippen molar-refractivity contribution in [3.8, 4) is 11.4 Å². The van der Waals surface area contributed by atoms with E-state index in [-0.39, 0.29) is 22.7 Å². The zero-order valence-corrected chi connectivity index (χ0v) is 13.9. The van der Waals surface area contributed by atoms with E-state index in [9.17, 15) is 27.9 Å². The molecule has 1 saturated heterocycles. The normalized spacial score (nSPS) is 20.1. The summed E-state index contributed by atoms with van der Waals surface area (Å²) in [6, 6.07) is 5.42. The van der Waals surface area contributed by atoms with Crippen molar-refractivity contribution < 1.29 is 32.4 Å². The summed E-state index contributed by atoms with van der Waals surface area (Å²) >= 11 is 1.44. The van der Waals surface area contributed by atoms with Crippen molar-refractivity contribution in [2.75, 3.05) is 11.5 Å². The second kappa shape index (κ2) is 6.63. The highest BCUT2D eigenvalue weighted by Crippen LogP contribution is 2.30. The molecule has 1 aromatic carbocycles. The van der Waals surface area contributed by atoms with E-state index in [1.165, 1.54) is 36.0 Å². The zero-order valence-electron chi connectivity index (χ0n) is 13.0. The van der Waals surface area contributed by atoms with Gasteiger partial charge >= 0.3 is 18.0 Å². The Morgan fingerprint density at radius 1 is 1.27 bits per heavy atom. The molecule has 1 aliphatic heterocycles. The first-order chi connectivity index (χ1) is 12.2. The van der Waals surface area contributed by atoms with Crippen molar-refractivity contribution in [2.45, 2.75) is 18.1 Å². The van der Waals surface area contributed by atoms with E-state index in [1.807, 2.05) is 0 Å². The van der Waals surface area contributed by atoms with E-state index < -0.39 is 29.5 Å². The Balaban J connectivity index is 1.76. The third kappa shape index (κ3) is 3.52. The minimum atomic E-state index is -4.74. The lowest BCUT2D eigenvalue weighted by molar-refractivity contribution is -0.159. The third-order valence-corrected chi connectivity index (χ3v) is 5.05. The predicted molar refractivity (Wildman–Crippen MR) is 84.5 cm³/mol. The molecule has 7 nitrogen and oxygen atoms in total. The topological polar surface area (TPSA) is 105 Å². The molecule has 2 heterocycles. The van der Waals surface area contributed by atoms with Crippen molar-refractivity contribution in [1.29, 1.82) is 0 Å².